The fourth-order valence-corrected chi connectivity index (χ4v) is 6.35. The normalized spacial score (nSPS) is 15.5. The van der Waals surface area contributed by atoms with Crippen LogP contribution in [0.3, 0.4) is 0 Å². The van der Waals surface area contributed by atoms with Crippen molar-refractivity contribution in [3.05, 3.63) is 112 Å². The molecule has 174 valence electrons. The van der Waals surface area contributed by atoms with Crippen LogP contribution in [0.4, 0.5) is 0 Å². The summed E-state index contributed by atoms with van der Waals surface area (Å²) >= 11 is 0. The average molecular weight is 467 g/mol. The van der Waals surface area contributed by atoms with E-state index in [9.17, 15) is 9.90 Å². The lowest BCUT2D eigenvalue weighted by atomic mass is 9.72. The van der Waals surface area contributed by atoms with E-state index < -0.39 is 14.0 Å². The summed E-state index contributed by atoms with van der Waals surface area (Å²) < 4.78 is 0. The number of fused-ring (bicyclic) bond motifs is 1. The summed E-state index contributed by atoms with van der Waals surface area (Å²) in [6.45, 7) is 13.9. The number of hydrogen-bond donors (Lipinski definition) is 1. The molecule has 1 aliphatic carbocycles. The summed E-state index contributed by atoms with van der Waals surface area (Å²) in [4.78, 5) is 11.3. The molecule has 0 spiro atoms. The van der Waals surface area contributed by atoms with E-state index in [1.807, 2.05) is 12.1 Å². The van der Waals surface area contributed by atoms with Gasteiger partial charge in [0, 0.05) is 0 Å². The summed E-state index contributed by atoms with van der Waals surface area (Å²) in [6.07, 6.45) is 5.68. The highest BCUT2D eigenvalue weighted by Gasteiger charge is 2.30. The lowest BCUT2D eigenvalue weighted by molar-refractivity contribution is 0.0697. The molecule has 3 heteroatoms. The summed E-state index contributed by atoms with van der Waals surface area (Å²) in [6, 6.07) is 23.0. The Hall–Kier alpha value is -3.17. The van der Waals surface area contributed by atoms with Gasteiger partial charge in [-0.15, -0.1) is 0 Å². The third-order valence-corrected chi connectivity index (χ3v) is 8.85. The molecule has 0 saturated carbocycles. The monoisotopic (exact) mass is 466 g/mol. The Labute approximate surface area is 204 Å². The number of carbonyl (C=O) groups is 1. The van der Waals surface area contributed by atoms with Crippen LogP contribution in [0.2, 0.25) is 19.6 Å². The molecule has 0 heterocycles. The summed E-state index contributed by atoms with van der Waals surface area (Å²) in [7, 11) is -1.71. The number of aromatic carboxylic acids is 1. The first-order chi connectivity index (χ1) is 16.0. The molecule has 2 nitrogen and oxygen atoms in total. The van der Waals surface area contributed by atoms with E-state index >= 15 is 0 Å². The van der Waals surface area contributed by atoms with Gasteiger partial charge in [-0.25, -0.2) is 4.79 Å². The molecule has 1 N–H and O–H groups in total. The lowest BCUT2D eigenvalue weighted by Gasteiger charge is -2.33. The fraction of sp³-hybridized carbons (Fsp3) is 0.258. The topological polar surface area (TPSA) is 37.3 Å². The van der Waals surface area contributed by atoms with Gasteiger partial charge in [-0.1, -0.05) is 105 Å². The first-order valence-corrected chi connectivity index (χ1v) is 15.4. The first-order valence-electron chi connectivity index (χ1n) is 11.9. The lowest BCUT2D eigenvalue weighted by Crippen LogP contribution is -2.25. The minimum Gasteiger partial charge on any atom is -0.478 e. The number of aryl methyl sites for hydroxylation is 1. The van der Waals surface area contributed by atoms with Crippen LogP contribution in [0.1, 0.15) is 64.0 Å². The molecule has 0 fully saturated rings. The molecule has 0 bridgehead atoms. The zero-order chi connectivity index (χ0) is 24.7. The third-order valence-electron chi connectivity index (χ3n) is 6.81. The number of carboxylic acid groups (broad SMARTS) is 1. The van der Waals surface area contributed by atoms with Crippen LogP contribution in [0.5, 0.6) is 0 Å². The molecule has 0 unspecified atom stereocenters. The van der Waals surface area contributed by atoms with Gasteiger partial charge in [-0.05, 0) is 70.3 Å². The number of rotatable bonds is 5. The number of carboxylic acids is 1. The van der Waals surface area contributed by atoms with E-state index in [1.165, 1.54) is 38.6 Å². The fourth-order valence-electron chi connectivity index (χ4n) is 4.73. The van der Waals surface area contributed by atoms with Crippen LogP contribution >= 0.6 is 0 Å². The van der Waals surface area contributed by atoms with Crippen LogP contribution in [0, 0.1) is 6.92 Å². The highest BCUT2D eigenvalue weighted by atomic mass is 28.3. The molecule has 0 saturated heterocycles. The molecule has 3 aromatic carbocycles. The molecule has 34 heavy (non-hydrogen) atoms. The van der Waals surface area contributed by atoms with Gasteiger partial charge in [0.1, 0.15) is 0 Å². The molecule has 0 atom stereocenters. The SMILES string of the molecule is Cc1ccc(C2=CCC(C)(C)c3ccc(C(=Cc4ccc(C(=O)O)cc4)[Si](C)(C)C)cc32)cc1. The van der Waals surface area contributed by atoms with Crippen LogP contribution in [0.25, 0.3) is 16.8 Å². The zero-order valence-electron chi connectivity index (χ0n) is 21.1. The van der Waals surface area contributed by atoms with Crippen molar-refractivity contribution in [3.63, 3.8) is 0 Å². The molecule has 0 aromatic heterocycles. The van der Waals surface area contributed by atoms with Crippen molar-refractivity contribution in [1.82, 2.24) is 0 Å². The molecule has 0 radical (unpaired) electrons. The van der Waals surface area contributed by atoms with Crippen molar-refractivity contribution in [2.75, 3.05) is 0 Å². The van der Waals surface area contributed by atoms with Gasteiger partial charge in [0.15, 0.2) is 0 Å². The molecule has 0 aliphatic heterocycles. The predicted molar refractivity (Wildman–Crippen MR) is 147 cm³/mol. The number of hydrogen-bond acceptors (Lipinski definition) is 1. The summed E-state index contributed by atoms with van der Waals surface area (Å²) in [5.41, 5.74) is 9.28. The van der Waals surface area contributed by atoms with Crippen LogP contribution < -0.4 is 0 Å². The standard InChI is InChI=1S/C31H34O2Si/c1-21-7-11-23(12-8-21)26-17-18-31(2,3)28-16-15-25(20-27(26)28)29(34(4,5)6)19-22-9-13-24(14-10-22)30(32)33/h7-17,19-20H,18H2,1-6H3,(H,32,33). The van der Waals surface area contributed by atoms with Crippen molar-refractivity contribution in [2.24, 2.45) is 0 Å². The van der Waals surface area contributed by atoms with E-state index in [2.05, 4.69) is 95.0 Å². The van der Waals surface area contributed by atoms with Crippen molar-refractivity contribution in [2.45, 2.75) is 52.2 Å². The smallest absolute Gasteiger partial charge is 0.335 e. The van der Waals surface area contributed by atoms with Gasteiger partial charge in [0.2, 0.25) is 0 Å². The van der Waals surface area contributed by atoms with Gasteiger partial charge in [-0.2, -0.15) is 0 Å². The Morgan fingerprint density at radius 2 is 1.53 bits per heavy atom. The maximum absolute atomic E-state index is 11.3. The van der Waals surface area contributed by atoms with Gasteiger partial charge >= 0.3 is 5.97 Å². The van der Waals surface area contributed by atoms with E-state index in [0.717, 1.165) is 12.0 Å². The van der Waals surface area contributed by atoms with Crippen molar-refractivity contribution >= 4 is 30.9 Å². The van der Waals surface area contributed by atoms with Crippen LogP contribution in [0.15, 0.2) is 72.8 Å². The van der Waals surface area contributed by atoms with E-state index in [4.69, 9.17) is 0 Å². The molecule has 0 amide bonds. The summed E-state index contributed by atoms with van der Waals surface area (Å²) in [5, 5.41) is 10.6. The molecule has 4 rings (SSSR count). The summed E-state index contributed by atoms with van der Waals surface area (Å²) in [5.74, 6) is -0.895. The van der Waals surface area contributed by atoms with E-state index in [0.29, 0.717) is 5.56 Å². The molecule has 3 aromatic rings. The Kier molecular flexibility index (Phi) is 6.26. The maximum Gasteiger partial charge on any atom is 0.335 e. The predicted octanol–water partition coefficient (Wildman–Crippen LogP) is 8.22. The van der Waals surface area contributed by atoms with Gasteiger partial charge in [-0.3, -0.25) is 0 Å². The Morgan fingerprint density at radius 3 is 2.12 bits per heavy atom. The zero-order valence-corrected chi connectivity index (χ0v) is 22.1. The van der Waals surface area contributed by atoms with Crippen LogP contribution in [-0.4, -0.2) is 19.1 Å². The van der Waals surface area contributed by atoms with Crippen LogP contribution in [-0.2, 0) is 5.41 Å². The van der Waals surface area contributed by atoms with Crippen molar-refractivity contribution < 1.29 is 9.90 Å². The van der Waals surface area contributed by atoms with Crippen molar-refractivity contribution in [3.8, 4) is 0 Å². The second-order valence-corrected chi connectivity index (χ2v) is 16.1. The second-order valence-electron chi connectivity index (χ2n) is 11.1. The van der Waals surface area contributed by atoms with Gasteiger partial charge < -0.3 is 5.11 Å². The quantitative estimate of drug-likeness (QED) is 0.304. The van der Waals surface area contributed by atoms with Gasteiger partial charge in [0.05, 0.1) is 13.6 Å². The Bertz CT molecular complexity index is 1280. The number of benzene rings is 3. The Balaban J connectivity index is 1.85. The number of allylic oxidation sites excluding steroid dienone is 1. The highest BCUT2D eigenvalue weighted by molar-refractivity contribution is 6.94. The largest absolute Gasteiger partial charge is 0.478 e. The highest BCUT2D eigenvalue weighted by Crippen LogP contribution is 2.43. The van der Waals surface area contributed by atoms with Gasteiger partial charge in [0.25, 0.3) is 0 Å². The van der Waals surface area contributed by atoms with E-state index in [-0.39, 0.29) is 5.41 Å². The molecule has 1 aliphatic rings. The maximum atomic E-state index is 11.3. The first kappa shape index (κ1) is 24.0. The minimum absolute atomic E-state index is 0.0950. The minimum atomic E-state index is -1.71. The van der Waals surface area contributed by atoms with E-state index in [1.54, 1.807) is 12.1 Å². The molecular weight excluding hydrogens is 432 g/mol. The average Bonchev–Trinajstić information content (AvgIpc) is 2.77. The molecular formula is C31H34O2Si. The second kappa shape index (κ2) is 8.88. The van der Waals surface area contributed by atoms with Crippen molar-refractivity contribution in [1.29, 1.82) is 0 Å². The Morgan fingerprint density at radius 1 is 0.912 bits per heavy atom. The third kappa shape index (κ3) is 4.85.